The summed E-state index contributed by atoms with van der Waals surface area (Å²) in [5.41, 5.74) is 1.38. The van der Waals surface area contributed by atoms with Gasteiger partial charge in [0.1, 0.15) is 0 Å². The number of nitrogens with zero attached hydrogens (tertiary/aromatic N) is 3. The first-order valence-corrected chi connectivity index (χ1v) is 10.2. The molecule has 8 nitrogen and oxygen atoms in total. The van der Waals surface area contributed by atoms with E-state index in [1.54, 1.807) is 32.1 Å². The minimum atomic E-state index is -0.345. The van der Waals surface area contributed by atoms with Crippen molar-refractivity contribution in [1.82, 2.24) is 9.80 Å². The van der Waals surface area contributed by atoms with Crippen molar-refractivity contribution in [2.45, 2.75) is 19.3 Å². The lowest BCUT2D eigenvalue weighted by molar-refractivity contribution is -0.146. The molecular formula is C20H23N3O5S. The molecule has 1 fully saturated rings. The van der Waals surface area contributed by atoms with E-state index in [1.165, 1.54) is 11.8 Å². The number of nitriles is 1. The Morgan fingerprint density at radius 3 is 2.72 bits per heavy atom. The zero-order valence-corrected chi connectivity index (χ0v) is 17.5. The summed E-state index contributed by atoms with van der Waals surface area (Å²) in [5, 5.41) is 10.5. The minimum absolute atomic E-state index is 0.0835. The molecule has 0 spiro atoms. The highest BCUT2D eigenvalue weighted by molar-refractivity contribution is 8.03. The van der Waals surface area contributed by atoms with Crippen molar-refractivity contribution in [1.29, 1.82) is 5.26 Å². The van der Waals surface area contributed by atoms with E-state index in [0.29, 0.717) is 34.6 Å². The Hall–Kier alpha value is -2.70. The van der Waals surface area contributed by atoms with Crippen molar-refractivity contribution in [3.05, 3.63) is 34.4 Å². The SMILES string of the molecule is CCOC(=O)CN1CSC2=C(C#N)C(c3ccc(OC)c(OC)c3)CC(=O)N2C1. The molecule has 29 heavy (non-hydrogen) atoms. The zero-order chi connectivity index (χ0) is 21.0. The second-order valence-corrected chi connectivity index (χ2v) is 7.51. The standard InChI is InChI=1S/C20H23N3O5S/c1-4-28-19(25)10-22-11-23-18(24)8-14(15(9-21)20(23)29-12-22)13-5-6-16(26-2)17(7-13)27-3/h5-7,14H,4,8,10-12H2,1-3H3. The molecule has 2 aliphatic heterocycles. The zero-order valence-electron chi connectivity index (χ0n) is 16.6. The molecule has 3 rings (SSSR count). The molecule has 0 aromatic heterocycles. The number of thioether (sulfide) groups is 1. The normalized spacial score (nSPS) is 19.4. The van der Waals surface area contributed by atoms with Crippen LogP contribution in [0.1, 0.15) is 24.8 Å². The maximum atomic E-state index is 12.9. The topological polar surface area (TPSA) is 92.1 Å². The highest BCUT2D eigenvalue weighted by atomic mass is 32.2. The van der Waals surface area contributed by atoms with Crippen LogP contribution in [0.3, 0.4) is 0 Å². The fourth-order valence-electron chi connectivity index (χ4n) is 3.45. The van der Waals surface area contributed by atoms with Gasteiger partial charge < -0.3 is 14.2 Å². The smallest absolute Gasteiger partial charge is 0.320 e. The van der Waals surface area contributed by atoms with Crippen molar-refractivity contribution < 1.29 is 23.8 Å². The number of hydrogen-bond donors (Lipinski definition) is 0. The van der Waals surface area contributed by atoms with E-state index < -0.39 is 0 Å². The van der Waals surface area contributed by atoms with Gasteiger partial charge in [0, 0.05) is 12.3 Å². The molecule has 9 heteroatoms. The minimum Gasteiger partial charge on any atom is -0.493 e. The van der Waals surface area contributed by atoms with Crippen LogP contribution < -0.4 is 9.47 Å². The molecule has 154 valence electrons. The molecule has 1 aromatic carbocycles. The largest absolute Gasteiger partial charge is 0.493 e. The third-order valence-electron chi connectivity index (χ3n) is 4.82. The lowest BCUT2D eigenvalue weighted by Gasteiger charge is -2.40. The monoisotopic (exact) mass is 417 g/mol. The predicted octanol–water partition coefficient (Wildman–Crippen LogP) is 2.28. The summed E-state index contributed by atoms with van der Waals surface area (Å²) in [4.78, 5) is 28.1. The first kappa shape index (κ1) is 21.0. The Morgan fingerprint density at radius 2 is 2.07 bits per heavy atom. The molecule has 2 aliphatic rings. The second-order valence-electron chi connectivity index (χ2n) is 6.57. The van der Waals surface area contributed by atoms with E-state index in [0.717, 1.165) is 5.56 Å². The van der Waals surface area contributed by atoms with Crippen molar-refractivity contribution in [2.75, 3.05) is 39.9 Å². The third-order valence-corrected chi connectivity index (χ3v) is 6.03. The summed E-state index contributed by atoms with van der Waals surface area (Å²) < 4.78 is 15.6. The van der Waals surface area contributed by atoms with Gasteiger partial charge in [0.15, 0.2) is 11.5 Å². The van der Waals surface area contributed by atoms with Gasteiger partial charge in [0.25, 0.3) is 0 Å². The number of esters is 1. The van der Waals surface area contributed by atoms with Crippen LogP contribution in [-0.4, -0.2) is 61.6 Å². The summed E-state index contributed by atoms with van der Waals surface area (Å²) >= 11 is 1.39. The Labute approximate surface area is 174 Å². The maximum absolute atomic E-state index is 12.9. The lowest BCUT2D eigenvalue weighted by atomic mass is 9.86. The Bertz CT molecular complexity index is 879. The Kier molecular flexibility index (Phi) is 6.67. The number of allylic oxidation sites excluding steroid dienone is 1. The Morgan fingerprint density at radius 1 is 1.31 bits per heavy atom. The van der Waals surface area contributed by atoms with E-state index in [2.05, 4.69) is 6.07 Å². The van der Waals surface area contributed by atoms with Crippen LogP contribution in [0.15, 0.2) is 28.8 Å². The third kappa shape index (κ3) is 4.33. The van der Waals surface area contributed by atoms with E-state index in [-0.39, 0.29) is 37.4 Å². The number of hydrogen-bond acceptors (Lipinski definition) is 8. The van der Waals surface area contributed by atoms with Gasteiger partial charge in [-0.1, -0.05) is 17.8 Å². The predicted molar refractivity (Wildman–Crippen MR) is 107 cm³/mol. The van der Waals surface area contributed by atoms with Crippen LogP contribution in [0.4, 0.5) is 0 Å². The van der Waals surface area contributed by atoms with Crippen LogP contribution in [0, 0.1) is 11.3 Å². The summed E-state index contributed by atoms with van der Waals surface area (Å²) in [5.74, 6) is 0.894. The van der Waals surface area contributed by atoms with Crippen LogP contribution in [0.2, 0.25) is 0 Å². The number of rotatable bonds is 6. The van der Waals surface area contributed by atoms with Crippen molar-refractivity contribution in [2.24, 2.45) is 0 Å². The molecule has 0 radical (unpaired) electrons. The van der Waals surface area contributed by atoms with Gasteiger partial charge in [-0.2, -0.15) is 5.26 Å². The number of carbonyl (C=O) groups excluding carboxylic acids is 2. The van der Waals surface area contributed by atoms with Gasteiger partial charge >= 0.3 is 5.97 Å². The maximum Gasteiger partial charge on any atom is 0.320 e. The van der Waals surface area contributed by atoms with E-state index in [9.17, 15) is 14.9 Å². The van der Waals surface area contributed by atoms with Crippen LogP contribution >= 0.6 is 11.8 Å². The van der Waals surface area contributed by atoms with Gasteiger partial charge in [-0.25, -0.2) is 0 Å². The highest BCUT2D eigenvalue weighted by Crippen LogP contribution is 2.43. The number of carbonyl (C=O) groups is 2. The van der Waals surface area contributed by atoms with E-state index in [4.69, 9.17) is 14.2 Å². The van der Waals surface area contributed by atoms with Crippen molar-refractivity contribution in [3.63, 3.8) is 0 Å². The molecule has 0 bridgehead atoms. The number of amides is 1. The summed E-state index contributed by atoms with van der Waals surface area (Å²) in [6.07, 6.45) is 0.176. The van der Waals surface area contributed by atoms with Crippen LogP contribution in [0.5, 0.6) is 11.5 Å². The van der Waals surface area contributed by atoms with Gasteiger partial charge in [-0.05, 0) is 24.6 Å². The highest BCUT2D eigenvalue weighted by Gasteiger charge is 2.38. The molecule has 0 N–H and O–H groups in total. The molecule has 1 saturated heterocycles. The molecular weight excluding hydrogens is 394 g/mol. The lowest BCUT2D eigenvalue weighted by Crippen LogP contribution is -2.48. The van der Waals surface area contributed by atoms with E-state index >= 15 is 0 Å². The quantitative estimate of drug-likeness (QED) is 0.651. The van der Waals surface area contributed by atoms with Crippen molar-refractivity contribution >= 4 is 23.6 Å². The van der Waals surface area contributed by atoms with Gasteiger partial charge in [-0.15, -0.1) is 0 Å². The molecule has 0 saturated carbocycles. The molecule has 0 aliphatic carbocycles. The van der Waals surface area contributed by atoms with Crippen LogP contribution in [0.25, 0.3) is 0 Å². The fourth-order valence-corrected chi connectivity index (χ4v) is 4.59. The van der Waals surface area contributed by atoms with E-state index in [1.807, 2.05) is 17.0 Å². The first-order chi connectivity index (χ1) is 14.0. The van der Waals surface area contributed by atoms with Crippen molar-refractivity contribution in [3.8, 4) is 17.6 Å². The molecule has 1 unspecified atom stereocenters. The summed E-state index contributed by atoms with van der Waals surface area (Å²) in [7, 11) is 3.11. The number of benzene rings is 1. The number of methoxy groups -OCH3 is 2. The molecule has 1 atom stereocenters. The second kappa shape index (κ2) is 9.20. The molecule has 1 aromatic rings. The van der Waals surface area contributed by atoms with Gasteiger partial charge in [-0.3, -0.25) is 19.4 Å². The average molecular weight is 417 g/mol. The Balaban J connectivity index is 1.87. The van der Waals surface area contributed by atoms with Gasteiger partial charge in [0.05, 0.1) is 56.6 Å². The first-order valence-electron chi connectivity index (χ1n) is 9.19. The number of ether oxygens (including phenoxy) is 3. The van der Waals surface area contributed by atoms with Gasteiger partial charge in [0.2, 0.25) is 5.91 Å². The fraction of sp³-hybridized carbons (Fsp3) is 0.450. The van der Waals surface area contributed by atoms with Crippen LogP contribution in [-0.2, 0) is 14.3 Å². The average Bonchev–Trinajstić information content (AvgIpc) is 2.73. The number of fused-ring (bicyclic) bond motifs is 1. The molecule has 1 amide bonds. The summed E-state index contributed by atoms with van der Waals surface area (Å²) in [6.45, 7) is 2.45. The summed E-state index contributed by atoms with van der Waals surface area (Å²) in [6, 6.07) is 7.74. The molecule has 2 heterocycles.